The highest BCUT2D eigenvalue weighted by atomic mass is 15.2. The quantitative estimate of drug-likeness (QED) is 0.850. The van der Waals surface area contributed by atoms with Crippen molar-refractivity contribution in [2.24, 2.45) is 0 Å². The van der Waals surface area contributed by atoms with Crippen LogP contribution in [0.3, 0.4) is 0 Å². The average molecular weight is 214 g/mol. The van der Waals surface area contributed by atoms with Crippen molar-refractivity contribution < 1.29 is 0 Å². The lowest BCUT2D eigenvalue weighted by molar-refractivity contribution is 0.959. The SMILES string of the molecule is Cc1ccc(NCc2ccncc2C)nn1. The van der Waals surface area contributed by atoms with Crippen LogP contribution in [0, 0.1) is 13.8 Å². The number of aryl methyl sites for hydroxylation is 2. The second-order valence-electron chi connectivity index (χ2n) is 3.72. The van der Waals surface area contributed by atoms with Crippen molar-refractivity contribution >= 4 is 5.82 Å². The third-order valence-corrected chi connectivity index (χ3v) is 2.39. The molecule has 0 aromatic carbocycles. The highest BCUT2D eigenvalue weighted by Gasteiger charge is 1.98. The minimum absolute atomic E-state index is 0.742. The predicted octanol–water partition coefficient (Wildman–Crippen LogP) is 2.10. The van der Waals surface area contributed by atoms with Gasteiger partial charge < -0.3 is 5.32 Å². The maximum atomic E-state index is 4.06. The molecule has 0 saturated carbocycles. The minimum atomic E-state index is 0.742. The summed E-state index contributed by atoms with van der Waals surface area (Å²) in [5.74, 6) is 0.793. The molecule has 4 heteroatoms. The maximum absolute atomic E-state index is 4.06. The molecule has 0 bridgehead atoms. The fourth-order valence-corrected chi connectivity index (χ4v) is 1.38. The summed E-state index contributed by atoms with van der Waals surface area (Å²) in [5, 5.41) is 11.3. The molecule has 2 aromatic rings. The smallest absolute Gasteiger partial charge is 0.148 e. The van der Waals surface area contributed by atoms with Crippen LogP contribution in [0.25, 0.3) is 0 Å². The predicted molar refractivity (Wildman–Crippen MR) is 63.1 cm³/mol. The van der Waals surface area contributed by atoms with Gasteiger partial charge in [0.2, 0.25) is 0 Å². The van der Waals surface area contributed by atoms with E-state index < -0.39 is 0 Å². The van der Waals surface area contributed by atoms with Crippen LogP contribution in [0.5, 0.6) is 0 Å². The summed E-state index contributed by atoms with van der Waals surface area (Å²) >= 11 is 0. The van der Waals surface area contributed by atoms with Gasteiger partial charge in [0.05, 0.1) is 5.69 Å². The van der Waals surface area contributed by atoms with E-state index in [1.54, 1.807) is 6.20 Å². The molecule has 0 saturated heterocycles. The van der Waals surface area contributed by atoms with Gasteiger partial charge in [-0.15, -0.1) is 5.10 Å². The number of rotatable bonds is 3. The molecule has 0 radical (unpaired) electrons. The zero-order valence-corrected chi connectivity index (χ0v) is 9.44. The largest absolute Gasteiger partial charge is 0.364 e. The molecule has 0 aliphatic heterocycles. The van der Waals surface area contributed by atoms with E-state index in [2.05, 4.69) is 20.5 Å². The Hall–Kier alpha value is -1.97. The van der Waals surface area contributed by atoms with Crippen molar-refractivity contribution in [3.63, 3.8) is 0 Å². The first-order valence-electron chi connectivity index (χ1n) is 5.19. The van der Waals surface area contributed by atoms with E-state index in [4.69, 9.17) is 0 Å². The molecule has 2 heterocycles. The first-order chi connectivity index (χ1) is 7.75. The van der Waals surface area contributed by atoms with E-state index in [-0.39, 0.29) is 0 Å². The molecule has 0 unspecified atom stereocenters. The van der Waals surface area contributed by atoms with Crippen molar-refractivity contribution in [3.05, 3.63) is 47.4 Å². The van der Waals surface area contributed by atoms with Crippen LogP contribution in [0.4, 0.5) is 5.82 Å². The summed E-state index contributed by atoms with van der Waals surface area (Å²) in [5.41, 5.74) is 3.32. The van der Waals surface area contributed by atoms with E-state index in [1.165, 1.54) is 11.1 Å². The highest BCUT2D eigenvalue weighted by Crippen LogP contribution is 2.08. The van der Waals surface area contributed by atoms with E-state index >= 15 is 0 Å². The third-order valence-electron chi connectivity index (χ3n) is 2.39. The van der Waals surface area contributed by atoms with E-state index in [1.807, 2.05) is 38.2 Å². The fraction of sp³-hybridized carbons (Fsp3) is 0.250. The third kappa shape index (κ3) is 2.53. The summed E-state index contributed by atoms with van der Waals surface area (Å²) < 4.78 is 0. The lowest BCUT2D eigenvalue weighted by atomic mass is 10.1. The lowest BCUT2D eigenvalue weighted by Gasteiger charge is -2.07. The summed E-state index contributed by atoms with van der Waals surface area (Å²) in [6, 6.07) is 5.87. The van der Waals surface area contributed by atoms with Crippen LogP contribution in [0.2, 0.25) is 0 Å². The van der Waals surface area contributed by atoms with Crippen molar-refractivity contribution in [1.29, 1.82) is 0 Å². The number of hydrogen-bond acceptors (Lipinski definition) is 4. The Labute approximate surface area is 94.8 Å². The van der Waals surface area contributed by atoms with Crippen molar-refractivity contribution in [3.8, 4) is 0 Å². The van der Waals surface area contributed by atoms with Gasteiger partial charge in [0.1, 0.15) is 5.82 Å². The average Bonchev–Trinajstić information content (AvgIpc) is 2.30. The molecule has 2 rings (SSSR count). The molecule has 0 amide bonds. The van der Waals surface area contributed by atoms with Crippen LogP contribution in [0.15, 0.2) is 30.6 Å². The van der Waals surface area contributed by atoms with Crippen LogP contribution < -0.4 is 5.32 Å². The Balaban J connectivity index is 2.02. The molecule has 0 fully saturated rings. The van der Waals surface area contributed by atoms with Crippen LogP contribution in [0.1, 0.15) is 16.8 Å². The monoisotopic (exact) mass is 214 g/mol. The molecular weight excluding hydrogens is 200 g/mol. The van der Waals surface area contributed by atoms with E-state index in [0.717, 1.165) is 18.1 Å². The number of hydrogen-bond donors (Lipinski definition) is 1. The number of nitrogens with zero attached hydrogens (tertiary/aromatic N) is 3. The zero-order chi connectivity index (χ0) is 11.4. The van der Waals surface area contributed by atoms with Gasteiger partial charge in [0.25, 0.3) is 0 Å². The Morgan fingerprint density at radius 3 is 2.69 bits per heavy atom. The summed E-state index contributed by atoms with van der Waals surface area (Å²) in [7, 11) is 0. The minimum Gasteiger partial charge on any atom is -0.364 e. The molecule has 16 heavy (non-hydrogen) atoms. The summed E-state index contributed by atoms with van der Waals surface area (Å²) in [6.45, 7) is 4.71. The molecular formula is C12H14N4. The van der Waals surface area contributed by atoms with Crippen molar-refractivity contribution in [2.75, 3.05) is 5.32 Å². The van der Waals surface area contributed by atoms with Crippen LogP contribution in [-0.2, 0) is 6.54 Å². The molecule has 0 spiro atoms. The molecule has 0 aliphatic carbocycles. The second kappa shape index (κ2) is 4.70. The van der Waals surface area contributed by atoms with Crippen molar-refractivity contribution in [1.82, 2.24) is 15.2 Å². The zero-order valence-electron chi connectivity index (χ0n) is 9.44. The topological polar surface area (TPSA) is 50.7 Å². The lowest BCUT2D eigenvalue weighted by Crippen LogP contribution is -2.04. The van der Waals surface area contributed by atoms with E-state index in [0.29, 0.717) is 0 Å². The maximum Gasteiger partial charge on any atom is 0.148 e. The van der Waals surface area contributed by atoms with Gasteiger partial charge >= 0.3 is 0 Å². The Morgan fingerprint density at radius 2 is 2.00 bits per heavy atom. The number of pyridine rings is 1. The Morgan fingerprint density at radius 1 is 1.12 bits per heavy atom. The first-order valence-corrected chi connectivity index (χ1v) is 5.19. The van der Waals surface area contributed by atoms with Gasteiger partial charge in [-0.25, -0.2) is 0 Å². The first kappa shape index (κ1) is 10.5. The second-order valence-corrected chi connectivity index (χ2v) is 3.72. The summed E-state index contributed by atoms with van der Waals surface area (Å²) in [6.07, 6.45) is 3.66. The number of nitrogens with one attached hydrogen (secondary N) is 1. The van der Waals surface area contributed by atoms with Gasteiger partial charge in [0.15, 0.2) is 0 Å². The van der Waals surface area contributed by atoms with E-state index in [9.17, 15) is 0 Å². The number of aromatic nitrogens is 3. The molecule has 82 valence electrons. The number of anilines is 1. The Kier molecular flexibility index (Phi) is 3.10. The van der Waals surface area contributed by atoms with Gasteiger partial charge in [-0.3, -0.25) is 4.98 Å². The normalized spacial score (nSPS) is 10.1. The van der Waals surface area contributed by atoms with Gasteiger partial charge in [0, 0.05) is 18.9 Å². The van der Waals surface area contributed by atoms with Crippen LogP contribution >= 0.6 is 0 Å². The van der Waals surface area contributed by atoms with Gasteiger partial charge in [-0.1, -0.05) is 0 Å². The molecule has 0 atom stereocenters. The molecule has 2 aromatic heterocycles. The standard InChI is InChI=1S/C12H14N4/c1-9-7-13-6-5-11(9)8-14-12-4-3-10(2)15-16-12/h3-7H,8H2,1-2H3,(H,14,16). The molecule has 4 nitrogen and oxygen atoms in total. The summed E-state index contributed by atoms with van der Waals surface area (Å²) in [4.78, 5) is 4.06. The molecule has 1 N–H and O–H groups in total. The van der Waals surface area contributed by atoms with Crippen molar-refractivity contribution in [2.45, 2.75) is 20.4 Å². The fourth-order valence-electron chi connectivity index (χ4n) is 1.38. The van der Waals surface area contributed by atoms with Gasteiger partial charge in [-0.2, -0.15) is 5.10 Å². The van der Waals surface area contributed by atoms with Crippen LogP contribution in [-0.4, -0.2) is 15.2 Å². The highest BCUT2D eigenvalue weighted by molar-refractivity contribution is 5.35. The molecule has 0 aliphatic rings. The Bertz CT molecular complexity index is 465. The van der Waals surface area contributed by atoms with Gasteiger partial charge in [-0.05, 0) is 43.2 Å².